The molecule has 0 aliphatic rings. The van der Waals surface area contributed by atoms with Gasteiger partial charge in [0, 0.05) is 21.8 Å². The molecule has 1 amide bonds. The quantitative estimate of drug-likeness (QED) is 0.564. The third-order valence-corrected chi connectivity index (χ3v) is 4.75. The number of anilines is 1. The Kier molecular flexibility index (Phi) is 6.69. The Hall–Kier alpha value is -2.82. The summed E-state index contributed by atoms with van der Waals surface area (Å²) in [5.41, 5.74) is 4.04. The standard InChI is InChI=1S/C23H22ClNO3/c1-16-8-10-20(13-21(16)24)25-23(26)18-9-11-22(27-2)19(12-18)15-28-14-17-6-4-3-5-7-17/h3-13H,14-15H2,1-2H3,(H,25,26). The van der Waals surface area contributed by atoms with Crippen LogP contribution in [0.3, 0.4) is 0 Å². The average molecular weight is 396 g/mol. The second-order valence-electron chi connectivity index (χ2n) is 6.42. The van der Waals surface area contributed by atoms with E-state index in [-0.39, 0.29) is 5.91 Å². The molecule has 0 fully saturated rings. The predicted molar refractivity (Wildman–Crippen MR) is 112 cm³/mol. The van der Waals surface area contributed by atoms with E-state index >= 15 is 0 Å². The van der Waals surface area contributed by atoms with Crippen molar-refractivity contribution in [1.29, 1.82) is 0 Å². The number of ether oxygens (including phenoxy) is 2. The minimum atomic E-state index is -0.216. The van der Waals surface area contributed by atoms with Gasteiger partial charge in [-0.25, -0.2) is 0 Å². The molecule has 0 atom stereocenters. The van der Waals surface area contributed by atoms with Crippen molar-refractivity contribution in [1.82, 2.24) is 0 Å². The molecule has 1 N–H and O–H groups in total. The highest BCUT2D eigenvalue weighted by atomic mass is 35.5. The third-order valence-electron chi connectivity index (χ3n) is 4.34. The lowest BCUT2D eigenvalue weighted by atomic mass is 10.1. The van der Waals surface area contributed by atoms with Crippen molar-refractivity contribution in [3.63, 3.8) is 0 Å². The molecule has 4 nitrogen and oxygen atoms in total. The topological polar surface area (TPSA) is 47.6 Å². The minimum absolute atomic E-state index is 0.216. The van der Waals surface area contributed by atoms with Gasteiger partial charge in [-0.05, 0) is 48.4 Å². The van der Waals surface area contributed by atoms with Gasteiger partial charge in [0.15, 0.2) is 0 Å². The SMILES string of the molecule is COc1ccc(C(=O)Nc2ccc(C)c(Cl)c2)cc1COCc1ccccc1. The summed E-state index contributed by atoms with van der Waals surface area (Å²) < 4.78 is 11.2. The summed E-state index contributed by atoms with van der Waals surface area (Å²) in [4.78, 5) is 12.6. The number of rotatable bonds is 7. The fourth-order valence-corrected chi connectivity index (χ4v) is 2.94. The Morgan fingerprint density at radius 2 is 1.79 bits per heavy atom. The molecule has 0 unspecified atom stereocenters. The van der Waals surface area contributed by atoms with E-state index < -0.39 is 0 Å². The zero-order valence-electron chi connectivity index (χ0n) is 15.9. The highest BCUT2D eigenvalue weighted by Gasteiger charge is 2.11. The van der Waals surface area contributed by atoms with Crippen molar-refractivity contribution < 1.29 is 14.3 Å². The third kappa shape index (κ3) is 5.12. The molecule has 3 rings (SSSR count). The Bertz CT molecular complexity index is 957. The maximum Gasteiger partial charge on any atom is 0.255 e. The van der Waals surface area contributed by atoms with Crippen molar-refractivity contribution >= 4 is 23.2 Å². The van der Waals surface area contributed by atoms with Gasteiger partial charge < -0.3 is 14.8 Å². The maximum atomic E-state index is 12.6. The molecule has 0 saturated heterocycles. The first-order chi connectivity index (χ1) is 13.6. The van der Waals surface area contributed by atoms with Gasteiger partial charge in [0.1, 0.15) is 5.75 Å². The van der Waals surface area contributed by atoms with Crippen LogP contribution in [0.4, 0.5) is 5.69 Å². The number of aryl methyl sites for hydroxylation is 1. The number of carbonyl (C=O) groups is 1. The molecule has 28 heavy (non-hydrogen) atoms. The number of nitrogens with one attached hydrogen (secondary N) is 1. The van der Waals surface area contributed by atoms with Crippen molar-refractivity contribution in [3.05, 3.63) is 94.0 Å². The first kappa shape index (κ1) is 19.9. The molecule has 144 valence electrons. The van der Waals surface area contributed by atoms with E-state index in [1.807, 2.05) is 49.4 Å². The predicted octanol–water partition coefficient (Wildman–Crippen LogP) is 5.63. The lowest BCUT2D eigenvalue weighted by molar-refractivity contribution is 0.102. The molecule has 0 heterocycles. The summed E-state index contributed by atoms with van der Waals surface area (Å²) in [7, 11) is 1.60. The van der Waals surface area contributed by atoms with Gasteiger partial charge in [-0.2, -0.15) is 0 Å². The lowest BCUT2D eigenvalue weighted by Gasteiger charge is -2.12. The van der Waals surface area contributed by atoms with E-state index in [0.29, 0.717) is 35.2 Å². The maximum absolute atomic E-state index is 12.6. The highest BCUT2D eigenvalue weighted by Crippen LogP contribution is 2.24. The fraction of sp³-hybridized carbons (Fsp3) is 0.174. The van der Waals surface area contributed by atoms with Crippen molar-refractivity contribution in [2.24, 2.45) is 0 Å². The molecule has 0 bridgehead atoms. The van der Waals surface area contributed by atoms with E-state index in [0.717, 1.165) is 16.7 Å². The van der Waals surface area contributed by atoms with Crippen LogP contribution in [-0.2, 0) is 18.0 Å². The lowest BCUT2D eigenvalue weighted by Crippen LogP contribution is -2.12. The molecule has 3 aromatic carbocycles. The Balaban J connectivity index is 1.70. The molecule has 3 aromatic rings. The number of benzene rings is 3. The van der Waals surface area contributed by atoms with E-state index in [9.17, 15) is 4.79 Å². The van der Waals surface area contributed by atoms with Crippen LogP contribution in [0.25, 0.3) is 0 Å². The second kappa shape index (κ2) is 9.40. The largest absolute Gasteiger partial charge is 0.496 e. The summed E-state index contributed by atoms with van der Waals surface area (Å²) in [5, 5.41) is 3.48. The molecular formula is C23H22ClNO3. The Morgan fingerprint density at radius 1 is 1.00 bits per heavy atom. The molecule has 5 heteroatoms. The van der Waals surface area contributed by atoms with Gasteiger partial charge in [0.25, 0.3) is 5.91 Å². The van der Waals surface area contributed by atoms with Crippen LogP contribution in [-0.4, -0.2) is 13.0 Å². The van der Waals surface area contributed by atoms with Crippen LogP contribution in [0.5, 0.6) is 5.75 Å². The van der Waals surface area contributed by atoms with Crippen LogP contribution in [0.15, 0.2) is 66.7 Å². The summed E-state index contributed by atoms with van der Waals surface area (Å²) in [6, 6.07) is 20.7. The van der Waals surface area contributed by atoms with E-state index in [1.165, 1.54) is 0 Å². The molecule has 0 aliphatic carbocycles. The molecular weight excluding hydrogens is 374 g/mol. The zero-order valence-corrected chi connectivity index (χ0v) is 16.6. The smallest absolute Gasteiger partial charge is 0.255 e. The van der Waals surface area contributed by atoms with Crippen molar-refractivity contribution in [3.8, 4) is 5.75 Å². The summed E-state index contributed by atoms with van der Waals surface area (Å²) in [5.74, 6) is 0.467. The number of hydrogen-bond donors (Lipinski definition) is 1. The van der Waals surface area contributed by atoms with Crippen molar-refractivity contribution in [2.45, 2.75) is 20.1 Å². The van der Waals surface area contributed by atoms with Gasteiger partial charge >= 0.3 is 0 Å². The van der Waals surface area contributed by atoms with Crippen LogP contribution < -0.4 is 10.1 Å². The van der Waals surface area contributed by atoms with E-state index in [2.05, 4.69) is 5.32 Å². The van der Waals surface area contributed by atoms with Gasteiger partial charge in [-0.3, -0.25) is 4.79 Å². The molecule has 0 aromatic heterocycles. The number of carbonyl (C=O) groups excluding carboxylic acids is 1. The summed E-state index contributed by atoms with van der Waals surface area (Å²) in [6.07, 6.45) is 0. The first-order valence-corrected chi connectivity index (χ1v) is 9.30. The van der Waals surface area contributed by atoms with Gasteiger partial charge in [0.05, 0.1) is 20.3 Å². The van der Waals surface area contributed by atoms with Crippen LogP contribution in [0, 0.1) is 6.92 Å². The van der Waals surface area contributed by atoms with Gasteiger partial charge in [-0.1, -0.05) is 48.0 Å². The van der Waals surface area contributed by atoms with Crippen LogP contribution in [0.1, 0.15) is 27.0 Å². The number of halogens is 1. The van der Waals surface area contributed by atoms with Crippen LogP contribution >= 0.6 is 11.6 Å². The number of hydrogen-bond acceptors (Lipinski definition) is 3. The molecule has 0 radical (unpaired) electrons. The average Bonchev–Trinajstić information content (AvgIpc) is 2.71. The van der Waals surface area contributed by atoms with Crippen molar-refractivity contribution in [2.75, 3.05) is 12.4 Å². The summed E-state index contributed by atoms with van der Waals surface area (Å²) in [6.45, 7) is 2.75. The molecule has 0 saturated carbocycles. The first-order valence-electron chi connectivity index (χ1n) is 8.93. The monoisotopic (exact) mass is 395 g/mol. The number of methoxy groups -OCH3 is 1. The highest BCUT2D eigenvalue weighted by molar-refractivity contribution is 6.31. The Labute approximate surface area is 170 Å². The molecule has 0 aliphatic heterocycles. The zero-order chi connectivity index (χ0) is 19.9. The van der Waals surface area contributed by atoms with E-state index in [4.69, 9.17) is 21.1 Å². The van der Waals surface area contributed by atoms with Gasteiger partial charge in [0.2, 0.25) is 0 Å². The summed E-state index contributed by atoms with van der Waals surface area (Å²) >= 11 is 6.13. The van der Waals surface area contributed by atoms with Crippen LogP contribution in [0.2, 0.25) is 5.02 Å². The minimum Gasteiger partial charge on any atom is -0.496 e. The normalized spacial score (nSPS) is 10.5. The fourth-order valence-electron chi connectivity index (χ4n) is 2.76. The van der Waals surface area contributed by atoms with E-state index in [1.54, 1.807) is 31.4 Å². The van der Waals surface area contributed by atoms with Gasteiger partial charge in [-0.15, -0.1) is 0 Å². The Morgan fingerprint density at radius 3 is 2.50 bits per heavy atom. The number of amides is 1. The molecule has 0 spiro atoms. The second-order valence-corrected chi connectivity index (χ2v) is 6.83.